The molecule has 0 spiro atoms. The molecule has 4 heteroatoms. The molecule has 0 amide bonds. The molecule has 0 aliphatic heterocycles. The molecule has 0 fully saturated rings. The number of hydrogen-bond acceptors (Lipinski definition) is 3. The second-order valence-corrected chi connectivity index (χ2v) is 6.74. The molecule has 0 saturated heterocycles. The molecule has 4 rings (SSSR count). The van der Waals surface area contributed by atoms with Crippen LogP contribution < -0.4 is 4.57 Å². The lowest BCUT2D eigenvalue weighted by atomic mass is 9.94. The number of aromatic nitrogens is 4. The molecule has 0 N–H and O–H groups in total. The van der Waals surface area contributed by atoms with Gasteiger partial charge in [-0.3, -0.25) is 0 Å². The van der Waals surface area contributed by atoms with Crippen LogP contribution in [0.3, 0.4) is 0 Å². The summed E-state index contributed by atoms with van der Waals surface area (Å²) in [5, 5.41) is 0. The van der Waals surface area contributed by atoms with E-state index in [0.717, 1.165) is 23.5 Å². The van der Waals surface area contributed by atoms with E-state index in [-0.39, 0.29) is 0 Å². The lowest BCUT2D eigenvalue weighted by Gasteiger charge is -2.13. The number of rotatable bonds is 2. The van der Waals surface area contributed by atoms with Gasteiger partial charge in [0.05, 0.1) is 12.6 Å². The van der Waals surface area contributed by atoms with Gasteiger partial charge in [0, 0.05) is 30.0 Å². The molecule has 1 aromatic carbocycles. The average molecular weight is 329 g/mol. The Morgan fingerprint density at radius 3 is 2.52 bits per heavy atom. The van der Waals surface area contributed by atoms with Crippen molar-refractivity contribution in [3.63, 3.8) is 0 Å². The Labute approximate surface area is 147 Å². The lowest BCUT2D eigenvalue weighted by Crippen LogP contribution is -2.33. The second-order valence-electron chi connectivity index (χ2n) is 6.74. The minimum absolute atomic E-state index is 0.784. The first kappa shape index (κ1) is 15.6. The van der Waals surface area contributed by atoms with E-state index in [2.05, 4.69) is 65.5 Å². The molecule has 1 aliphatic rings. The Morgan fingerprint density at radius 1 is 1.00 bits per heavy atom. The molecule has 2 heterocycles. The number of hydrogen-bond donors (Lipinski definition) is 0. The summed E-state index contributed by atoms with van der Waals surface area (Å²) in [6.07, 6.45) is 8.40. The normalized spacial score (nSPS) is 12.9. The molecule has 0 unspecified atom stereocenters. The van der Waals surface area contributed by atoms with E-state index < -0.39 is 0 Å². The van der Waals surface area contributed by atoms with Crippen molar-refractivity contribution < 1.29 is 4.57 Å². The van der Waals surface area contributed by atoms with Crippen molar-refractivity contribution in [1.29, 1.82) is 0 Å². The summed E-state index contributed by atoms with van der Waals surface area (Å²) >= 11 is 0. The summed E-state index contributed by atoms with van der Waals surface area (Å²) in [7, 11) is 2.07. The first-order chi connectivity index (χ1) is 12.0. The molecule has 0 bridgehead atoms. The van der Waals surface area contributed by atoms with Crippen LogP contribution in [0.15, 0.2) is 36.9 Å². The maximum Gasteiger partial charge on any atom is 0.287 e. The highest BCUT2D eigenvalue weighted by molar-refractivity contribution is 5.88. The standard InChI is InChI=1S/C21H21N4/c1-13-8-14(2)15(3)17(9-13)20-18-10-16(21-22-6-5-7-23-21)11-19(18)24-12-25(20)4/h5-9,11-12H,10H2,1-4H3/q+1. The van der Waals surface area contributed by atoms with E-state index in [1.54, 1.807) is 12.4 Å². The largest absolute Gasteiger partial charge is 0.287 e. The maximum atomic E-state index is 4.63. The molecular formula is C21H21N4+. The topological polar surface area (TPSA) is 42.5 Å². The van der Waals surface area contributed by atoms with Gasteiger partial charge in [0.1, 0.15) is 5.69 Å². The van der Waals surface area contributed by atoms with Gasteiger partial charge in [-0.15, -0.1) is 0 Å². The van der Waals surface area contributed by atoms with E-state index in [1.807, 2.05) is 12.4 Å². The summed E-state index contributed by atoms with van der Waals surface area (Å²) < 4.78 is 2.13. The van der Waals surface area contributed by atoms with Crippen molar-refractivity contribution in [2.75, 3.05) is 0 Å². The summed E-state index contributed by atoms with van der Waals surface area (Å²) in [5.41, 5.74) is 9.82. The van der Waals surface area contributed by atoms with Crippen molar-refractivity contribution in [2.45, 2.75) is 27.2 Å². The van der Waals surface area contributed by atoms with Gasteiger partial charge < -0.3 is 0 Å². The van der Waals surface area contributed by atoms with Gasteiger partial charge in [-0.25, -0.2) is 14.5 Å². The maximum absolute atomic E-state index is 4.63. The third-order valence-corrected chi connectivity index (χ3v) is 4.92. The quantitative estimate of drug-likeness (QED) is 0.677. The summed E-state index contributed by atoms with van der Waals surface area (Å²) in [5.74, 6) is 0.784. The van der Waals surface area contributed by atoms with Crippen LogP contribution >= 0.6 is 0 Å². The molecule has 0 radical (unpaired) electrons. The number of allylic oxidation sites excluding steroid dienone is 1. The fourth-order valence-electron chi connectivity index (χ4n) is 3.57. The number of aryl methyl sites for hydroxylation is 3. The Balaban J connectivity index is 1.87. The van der Waals surface area contributed by atoms with Gasteiger partial charge in [0.2, 0.25) is 0 Å². The van der Waals surface area contributed by atoms with Crippen LogP contribution in [-0.4, -0.2) is 15.0 Å². The van der Waals surface area contributed by atoms with Gasteiger partial charge in [0.15, 0.2) is 11.5 Å². The van der Waals surface area contributed by atoms with E-state index in [4.69, 9.17) is 0 Å². The van der Waals surface area contributed by atoms with Gasteiger partial charge in [-0.2, -0.15) is 0 Å². The number of benzene rings is 1. The highest BCUT2D eigenvalue weighted by Gasteiger charge is 2.28. The molecule has 0 atom stereocenters. The SMILES string of the molecule is Cc1cc(C)c(C)c(-c2c3c(nc[n+]2C)C=C(c2ncccn2)C3)c1. The Hall–Kier alpha value is -2.88. The zero-order valence-electron chi connectivity index (χ0n) is 15.0. The molecule has 25 heavy (non-hydrogen) atoms. The van der Waals surface area contributed by atoms with E-state index in [9.17, 15) is 0 Å². The first-order valence-electron chi connectivity index (χ1n) is 8.48. The molecule has 1 aliphatic carbocycles. The van der Waals surface area contributed by atoms with Crippen molar-refractivity contribution >= 4 is 11.6 Å². The minimum atomic E-state index is 0.784. The highest BCUT2D eigenvalue weighted by Crippen LogP contribution is 2.35. The Kier molecular flexibility index (Phi) is 3.68. The summed E-state index contributed by atoms with van der Waals surface area (Å²) in [6.45, 7) is 6.52. The fourth-order valence-corrected chi connectivity index (χ4v) is 3.57. The summed E-state index contributed by atoms with van der Waals surface area (Å²) in [6, 6.07) is 6.35. The van der Waals surface area contributed by atoms with Gasteiger partial charge in [-0.05, 0) is 55.1 Å². The van der Waals surface area contributed by atoms with E-state index >= 15 is 0 Å². The molecule has 124 valence electrons. The zero-order chi connectivity index (χ0) is 17.6. The number of nitrogens with zero attached hydrogens (tertiary/aromatic N) is 4. The average Bonchev–Trinajstić information content (AvgIpc) is 3.03. The van der Waals surface area contributed by atoms with Crippen molar-refractivity contribution in [2.24, 2.45) is 7.05 Å². The fraction of sp³-hybridized carbons (Fsp3) is 0.238. The number of fused-ring (bicyclic) bond motifs is 1. The van der Waals surface area contributed by atoms with Crippen molar-refractivity contribution in [3.8, 4) is 11.3 Å². The molecule has 2 aromatic heterocycles. The summed E-state index contributed by atoms with van der Waals surface area (Å²) in [4.78, 5) is 13.4. The van der Waals surface area contributed by atoms with Gasteiger partial charge in [0.25, 0.3) is 6.33 Å². The Bertz CT molecular complexity index is 1000. The monoisotopic (exact) mass is 329 g/mol. The predicted octanol–water partition coefficient (Wildman–Crippen LogP) is 3.39. The minimum Gasteiger partial charge on any atom is -0.237 e. The highest BCUT2D eigenvalue weighted by atomic mass is 15.0. The molecular weight excluding hydrogens is 308 g/mol. The van der Waals surface area contributed by atoms with Gasteiger partial charge >= 0.3 is 0 Å². The van der Waals surface area contributed by atoms with Crippen LogP contribution in [0.1, 0.15) is 33.8 Å². The zero-order valence-corrected chi connectivity index (χ0v) is 15.0. The predicted molar refractivity (Wildman–Crippen MR) is 98.7 cm³/mol. The third kappa shape index (κ3) is 2.64. The van der Waals surface area contributed by atoms with Crippen LogP contribution in [0.25, 0.3) is 22.9 Å². The second kappa shape index (κ2) is 5.88. The van der Waals surface area contributed by atoms with Crippen LogP contribution in [0.4, 0.5) is 0 Å². The van der Waals surface area contributed by atoms with Crippen LogP contribution in [0, 0.1) is 20.8 Å². The Morgan fingerprint density at radius 2 is 1.76 bits per heavy atom. The van der Waals surface area contributed by atoms with E-state index in [0.29, 0.717) is 0 Å². The van der Waals surface area contributed by atoms with Crippen LogP contribution in [0.5, 0.6) is 0 Å². The smallest absolute Gasteiger partial charge is 0.237 e. The lowest BCUT2D eigenvalue weighted by molar-refractivity contribution is -0.663. The molecule has 4 nitrogen and oxygen atoms in total. The van der Waals surface area contributed by atoms with Crippen LogP contribution in [0.2, 0.25) is 0 Å². The molecule has 0 saturated carbocycles. The van der Waals surface area contributed by atoms with Crippen molar-refractivity contribution in [1.82, 2.24) is 15.0 Å². The third-order valence-electron chi connectivity index (χ3n) is 4.92. The van der Waals surface area contributed by atoms with Crippen LogP contribution in [-0.2, 0) is 13.5 Å². The first-order valence-corrected chi connectivity index (χ1v) is 8.48. The molecule has 3 aromatic rings. The van der Waals surface area contributed by atoms with Crippen molar-refractivity contribution in [3.05, 3.63) is 70.7 Å². The van der Waals surface area contributed by atoms with E-state index in [1.165, 1.54) is 33.5 Å². The van der Waals surface area contributed by atoms with Gasteiger partial charge in [-0.1, -0.05) is 11.6 Å².